The zero-order valence-electron chi connectivity index (χ0n) is 11.6. The van der Waals surface area contributed by atoms with E-state index in [0.717, 1.165) is 16.7 Å². The molecule has 2 N–H and O–H groups in total. The molecule has 2 aromatic carbocycles. The molecule has 0 heterocycles. The molecule has 0 aliphatic carbocycles. The fourth-order valence-corrected chi connectivity index (χ4v) is 2.62. The van der Waals surface area contributed by atoms with Crippen LogP contribution in [-0.2, 0) is 0 Å². The van der Waals surface area contributed by atoms with Crippen molar-refractivity contribution in [1.82, 2.24) is 0 Å². The van der Waals surface area contributed by atoms with E-state index in [1.807, 2.05) is 12.1 Å². The smallest absolute Gasteiger partial charge is 0.116 e. The molecule has 0 amide bonds. The van der Waals surface area contributed by atoms with E-state index >= 15 is 0 Å². The number of hydrogen-bond acceptors (Lipinski definition) is 2. The van der Waals surface area contributed by atoms with Gasteiger partial charge in [-0.2, -0.15) is 0 Å². The number of aromatic hydroxyl groups is 2. The largest absolute Gasteiger partial charge is 0.508 e. The van der Waals surface area contributed by atoms with Crippen molar-refractivity contribution in [3.8, 4) is 11.5 Å². The molecule has 0 spiro atoms. The fourth-order valence-electron chi connectivity index (χ4n) is 1.87. The first-order chi connectivity index (χ1) is 8.88. The maximum Gasteiger partial charge on any atom is 0.116 e. The zero-order valence-corrected chi connectivity index (χ0v) is 13.2. The van der Waals surface area contributed by atoms with Crippen LogP contribution in [0.2, 0.25) is 0 Å². The molecule has 0 radical (unpaired) electrons. The molecule has 2 nitrogen and oxygen atoms in total. The Balaban J connectivity index is 0.000000224. The van der Waals surface area contributed by atoms with Gasteiger partial charge >= 0.3 is 0 Å². The SMILES string of the molecule is CC(C)CC(C)Br.Oc1ccc2ccc(O)cc2c1. The normalized spacial score (nSPS) is 12.1. The molecular formula is C16H21BrO2. The molecule has 19 heavy (non-hydrogen) atoms. The summed E-state index contributed by atoms with van der Waals surface area (Å²) >= 11 is 3.47. The van der Waals surface area contributed by atoms with Crippen LogP contribution in [0.15, 0.2) is 36.4 Å². The predicted molar refractivity (Wildman–Crippen MR) is 85.1 cm³/mol. The lowest BCUT2D eigenvalue weighted by atomic mass is 10.1. The number of alkyl halides is 1. The molecule has 104 valence electrons. The summed E-state index contributed by atoms with van der Waals surface area (Å²) < 4.78 is 0. The summed E-state index contributed by atoms with van der Waals surface area (Å²) in [6.45, 7) is 6.65. The van der Waals surface area contributed by atoms with Crippen molar-refractivity contribution in [2.24, 2.45) is 5.92 Å². The molecule has 2 aromatic rings. The third-order valence-corrected chi connectivity index (χ3v) is 2.98. The van der Waals surface area contributed by atoms with E-state index < -0.39 is 0 Å². The van der Waals surface area contributed by atoms with Gasteiger partial charge in [0.15, 0.2) is 0 Å². The lowest BCUT2D eigenvalue weighted by molar-refractivity contribution is 0.474. The number of halogens is 1. The van der Waals surface area contributed by atoms with Crippen molar-refractivity contribution in [2.75, 3.05) is 0 Å². The molecule has 0 aromatic heterocycles. The summed E-state index contributed by atoms with van der Waals surface area (Å²) in [4.78, 5) is 0.687. The maximum absolute atomic E-state index is 9.14. The highest BCUT2D eigenvalue weighted by Gasteiger charge is 1.97. The Morgan fingerprint density at radius 1 is 0.895 bits per heavy atom. The van der Waals surface area contributed by atoms with E-state index in [1.54, 1.807) is 24.3 Å². The lowest BCUT2D eigenvalue weighted by Crippen LogP contribution is -1.95. The standard InChI is InChI=1S/C10H8O2.C6H13Br/c11-9-3-1-7-2-4-10(12)6-8(7)5-9;1-5(2)4-6(3)7/h1-6,11-12H;5-6H,4H2,1-3H3. The summed E-state index contributed by atoms with van der Waals surface area (Å²) in [7, 11) is 0. The highest BCUT2D eigenvalue weighted by molar-refractivity contribution is 9.09. The number of benzene rings is 2. The summed E-state index contributed by atoms with van der Waals surface area (Å²) in [5, 5.41) is 20.1. The Morgan fingerprint density at radius 3 is 1.68 bits per heavy atom. The minimum absolute atomic E-state index is 0.216. The van der Waals surface area contributed by atoms with Gasteiger partial charge in [0.2, 0.25) is 0 Å². The predicted octanol–water partition coefficient (Wildman–Crippen LogP) is 5.07. The van der Waals surface area contributed by atoms with Gasteiger partial charge in [0, 0.05) is 4.83 Å². The quantitative estimate of drug-likeness (QED) is 0.757. The molecule has 3 heteroatoms. The van der Waals surface area contributed by atoms with E-state index in [-0.39, 0.29) is 11.5 Å². The molecule has 0 aliphatic rings. The Labute approximate surface area is 123 Å². The molecular weight excluding hydrogens is 304 g/mol. The van der Waals surface area contributed by atoms with Crippen LogP contribution in [0.3, 0.4) is 0 Å². The average molecular weight is 325 g/mol. The van der Waals surface area contributed by atoms with Crippen LogP contribution in [0.4, 0.5) is 0 Å². The first-order valence-corrected chi connectivity index (χ1v) is 7.36. The van der Waals surface area contributed by atoms with E-state index in [0.29, 0.717) is 4.83 Å². The Kier molecular flexibility index (Phi) is 6.16. The summed E-state index contributed by atoms with van der Waals surface area (Å²) in [5.74, 6) is 1.26. The molecule has 0 aliphatic heterocycles. The summed E-state index contributed by atoms with van der Waals surface area (Å²) in [6.07, 6.45) is 1.28. The van der Waals surface area contributed by atoms with Gasteiger partial charge in [0.05, 0.1) is 0 Å². The number of rotatable bonds is 2. The van der Waals surface area contributed by atoms with Crippen LogP contribution < -0.4 is 0 Å². The van der Waals surface area contributed by atoms with Crippen molar-refractivity contribution in [3.05, 3.63) is 36.4 Å². The number of phenolic OH excluding ortho intramolecular Hbond substituents is 2. The molecule has 0 saturated heterocycles. The molecule has 1 atom stereocenters. The second-order valence-electron chi connectivity index (χ2n) is 5.13. The van der Waals surface area contributed by atoms with Crippen LogP contribution in [0.1, 0.15) is 27.2 Å². The fraction of sp³-hybridized carbons (Fsp3) is 0.375. The van der Waals surface area contributed by atoms with Crippen molar-refractivity contribution in [1.29, 1.82) is 0 Å². The number of fused-ring (bicyclic) bond motifs is 1. The Morgan fingerprint density at radius 2 is 1.37 bits per heavy atom. The van der Waals surface area contributed by atoms with Gasteiger partial charge in [-0.05, 0) is 47.4 Å². The van der Waals surface area contributed by atoms with Crippen LogP contribution in [0.25, 0.3) is 10.8 Å². The maximum atomic E-state index is 9.14. The monoisotopic (exact) mass is 324 g/mol. The van der Waals surface area contributed by atoms with Gasteiger partial charge in [-0.1, -0.05) is 48.8 Å². The van der Waals surface area contributed by atoms with Gasteiger partial charge in [-0.25, -0.2) is 0 Å². The van der Waals surface area contributed by atoms with Crippen LogP contribution >= 0.6 is 15.9 Å². The lowest BCUT2D eigenvalue weighted by Gasteiger charge is -2.03. The van der Waals surface area contributed by atoms with Gasteiger partial charge in [0.1, 0.15) is 11.5 Å². The molecule has 0 saturated carbocycles. The van der Waals surface area contributed by atoms with Crippen molar-refractivity contribution in [2.45, 2.75) is 32.0 Å². The first kappa shape index (κ1) is 15.8. The van der Waals surface area contributed by atoms with Crippen LogP contribution in [0, 0.1) is 5.92 Å². The highest BCUT2D eigenvalue weighted by Crippen LogP contribution is 2.23. The van der Waals surface area contributed by atoms with Gasteiger partial charge < -0.3 is 10.2 Å². The molecule has 2 rings (SSSR count). The van der Waals surface area contributed by atoms with Crippen molar-refractivity contribution >= 4 is 26.7 Å². The molecule has 1 unspecified atom stereocenters. The third kappa shape index (κ3) is 5.97. The topological polar surface area (TPSA) is 40.5 Å². The van der Waals surface area contributed by atoms with Gasteiger partial charge in [0.25, 0.3) is 0 Å². The molecule has 0 fully saturated rings. The van der Waals surface area contributed by atoms with Crippen LogP contribution in [0.5, 0.6) is 11.5 Å². The third-order valence-electron chi connectivity index (χ3n) is 2.60. The second kappa shape index (κ2) is 7.39. The minimum atomic E-state index is 0.216. The number of phenols is 2. The minimum Gasteiger partial charge on any atom is -0.508 e. The first-order valence-electron chi connectivity index (χ1n) is 6.44. The van der Waals surface area contributed by atoms with Crippen LogP contribution in [-0.4, -0.2) is 15.0 Å². The van der Waals surface area contributed by atoms with Gasteiger partial charge in [-0.3, -0.25) is 0 Å². The summed E-state index contributed by atoms with van der Waals surface area (Å²) in [5.41, 5.74) is 0. The van der Waals surface area contributed by atoms with E-state index in [4.69, 9.17) is 10.2 Å². The Hall–Kier alpha value is -1.22. The van der Waals surface area contributed by atoms with E-state index in [9.17, 15) is 0 Å². The van der Waals surface area contributed by atoms with E-state index in [2.05, 4.69) is 36.7 Å². The van der Waals surface area contributed by atoms with E-state index in [1.165, 1.54) is 6.42 Å². The Bertz CT molecular complexity index is 478. The zero-order chi connectivity index (χ0) is 14.4. The average Bonchev–Trinajstić information content (AvgIpc) is 2.27. The van der Waals surface area contributed by atoms with Gasteiger partial charge in [-0.15, -0.1) is 0 Å². The summed E-state index contributed by atoms with van der Waals surface area (Å²) in [6, 6.07) is 10.1. The van der Waals surface area contributed by atoms with Crippen molar-refractivity contribution < 1.29 is 10.2 Å². The molecule has 0 bridgehead atoms. The highest BCUT2D eigenvalue weighted by atomic mass is 79.9. The second-order valence-corrected chi connectivity index (χ2v) is 6.69. The number of hydrogen-bond donors (Lipinski definition) is 2. The van der Waals surface area contributed by atoms with Crippen molar-refractivity contribution in [3.63, 3.8) is 0 Å².